The van der Waals surface area contributed by atoms with Gasteiger partial charge < -0.3 is 19.2 Å². The van der Waals surface area contributed by atoms with E-state index in [2.05, 4.69) is 10.3 Å². The van der Waals surface area contributed by atoms with Crippen LogP contribution in [0.1, 0.15) is 28.0 Å². The molecule has 6 nitrogen and oxygen atoms in total. The second kappa shape index (κ2) is 8.45. The molecular weight excluding hydrogens is 388 g/mol. The summed E-state index contributed by atoms with van der Waals surface area (Å²) in [6.45, 7) is 4.48. The molecule has 3 rings (SSSR count). The number of hydrogen-bond acceptors (Lipinski definition) is 6. The molecule has 1 N–H and O–H groups in total. The Morgan fingerprint density at radius 1 is 1.37 bits per heavy atom. The van der Waals surface area contributed by atoms with Crippen molar-refractivity contribution in [2.75, 3.05) is 13.7 Å². The van der Waals surface area contributed by atoms with E-state index >= 15 is 0 Å². The van der Waals surface area contributed by atoms with E-state index in [0.717, 1.165) is 10.7 Å². The molecule has 0 aliphatic rings. The molecule has 0 radical (unpaired) electrons. The van der Waals surface area contributed by atoms with Gasteiger partial charge in [0.25, 0.3) is 5.91 Å². The maximum Gasteiger partial charge on any atom is 0.251 e. The van der Waals surface area contributed by atoms with Crippen molar-refractivity contribution in [3.8, 4) is 23.0 Å². The maximum atomic E-state index is 12.5. The Labute approximate surface area is 166 Å². The van der Waals surface area contributed by atoms with Gasteiger partial charge in [-0.3, -0.25) is 4.79 Å². The highest BCUT2D eigenvalue weighted by Crippen LogP contribution is 2.36. The summed E-state index contributed by atoms with van der Waals surface area (Å²) in [7, 11) is 1.50. The molecule has 0 saturated carbocycles. The van der Waals surface area contributed by atoms with Crippen LogP contribution >= 0.6 is 22.9 Å². The van der Waals surface area contributed by atoms with Gasteiger partial charge in [0.2, 0.25) is 0 Å². The van der Waals surface area contributed by atoms with E-state index in [1.807, 2.05) is 31.4 Å². The lowest BCUT2D eigenvalue weighted by atomic mass is 10.2. The average Bonchev–Trinajstić information content (AvgIpc) is 3.30. The minimum atomic E-state index is -0.291. The normalized spacial score (nSPS) is 10.7. The number of nitrogens with zero attached hydrogens (tertiary/aromatic N) is 1. The fourth-order valence-electron chi connectivity index (χ4n) is 2.49. The van der Waals surface area contributed by atoms with Crippen molar-refractivity contribution in [1.29, 1.82) is 0 Å². The van der Waals surface area contributed by atoms with E-state index in [-0.39, 0.29) is 12.5 Å². The van der Waals surface area contributed by atoms with Gasteiger partial charge in [0.1, 0.15) is 11.5 Å². The number of ether oxygens (including phenoxy) is 2. The quantitative estimate of drug-likeness (QED) is 0.615. The fraction of sp³-hybridized carbons (Fsp3) is 0.263. The third-order valence-corrected chi connectivity index (χ3v) is 4.79. The highest BCUT2D eigenvalue weighted by molar-refractivity contribution is 7.09. The Morgan fingerprint density at radius 3 is 2.85 bits per heavy atom. The third kappa shape index (κ3) is 4.43. The summed E-state index contributed by atoms with van der Waals surface area (Å²) in [5.41, 5.74) is 1.17. The summed E-state index contributed by atoms with van der Waals surface area (Å²) in [5, 5.41) is 6.03. The van der Waals surface area contributed by atoms with Crippen LogP contribution in [0, 0.1) is 6.92 Å². The Morgan fingerprint density at radius 2 is 2.19 bits per heavy atom. The van der Waals surface area contributed by atoms with Crippen LogP contribution in [0.2, 0.25) is 5.02 Å². The lowest BCUT2D eigenvalue weighted by molar-refractivity contribution is 0.0947. The standard InChI is InChI=1S/C19H19ClN2O4S/c1-4-25-18-14(20)7-12(8-17(18)24-3)19(23)21-9-13-5-6-16(26-13)15-10-27-11(2)22-15/h5-8,10H,4,9H2,1-3H3,(H,21,23). The van der Waals surface area contributed by atoms with Crippen LogP contribution in [0.25, 0.3) is 11.5 Å². The van der Waals surface area contributed by atoms with Gasteiger partial charge in [0.15, 0.2) is 17.3 Å². The number of aryl methyl sites for hydroxylation is 1. The van der Waals surface area contributed by atoms with Gasteiger partial charge in [-0.05, 0) is 38.1 Å². The largest absolute Gasteiger partial charge is 0.493 e. The highest BCUT2D eigenvalue weighted by atomic mass is 35.5. The van der Waals surface area contributed by atoms with E-state index in [0.29, 0.717) is 40.2 Å². The molecule has 8 heteroatoms. The first-order valence-electron chi connectivity index (χ1n) is 8.31. The first kappa shape index (κ1) is 19.3. The number of rotatable bonds is 7. The van der Waals surface area contributed by atoms with Crippen LogP contribution in [0.3, 0.4) is 0 Å². The van der Waals surface area contributed by atoms with Crippen LogP contribution < -0.4 is 14.8 Å². The molecule has 27 heavy (non-hydrogen) atoms. The Bertz CT molecular complexity index is 951. The molecule has 1 amide bonds. The van der Waals surface area contributed by atoms with Crippen LogP contribution in [0.15, 0.2) is 34.1 Å². The summed E-state index contributed by atoms with van der Waals surface area (Å²) < 4.78 is 16.5. The molecule has 0 saturated heterocycles. The second-order valence-electron chi connectivity index (χ2n) is 5.62. The number of furan rings is 1. The fourth-order valence-corrected chi connectivity index (χ4v) is 3.36. The van der Waals surface area contributed by atoms with Crippen molar-refractivity contribution in [2.24, 2.45) is 0 Å². The van der Waals surface area contributed by atoms with E-state index in [1.165, 1.54) is 7.11 Å². The molecule has 1 aromatic carbocycles. The maximum absolute atomic E-state index is 12.5. The van der Waals surface area contributed by atoms with Crippen LogP contribution in [-0.2, 0) is 6.54 Å². The van der Waals surface area contributed by atoms with E-state index < -0.39 is 0 Å². The Balaban J connectivity index is 1.69. The number of nitrogens with one attached hydrogen (secondary N) is 1. The number of methoxy groups -OCH3 is 1. The molecule has 0 fully saturated rings. The number of hydrogen-bond donors (Lipinski definition) is 1. The van der Waals surface area contributed by atoms with Crippen molar-refractivity contribution in [1.82, 2.24) is 10.3 Å². The number of halogens is 1. The number of aromatic nitrogens is 1. The third-order valence-electron chi connectivity index (χ3n) is 3.74. The summed E-state index contributed by atoms with van der Waals surface area (Å²) in [5.74, 6) is 1.85. The zero-order valence-electron chi connectivity index (χ0n) is 15.2. The predicted octanol–water partition coefficient (Wildman–Crippen LogP) is 4.70. The van der Waals surface area contributed by atoms with Crippen molar-refractivity contribution in [2.45, 2.75) is 20.4 Å². The molecule has 0 aliphatic carbocycles. The summed E-state index contributed by atoms with van der Waals surface area (Å²) in [6, 6.07) is 6.80. The average molecular weight is 407 g/mol. The zero-order chi connectivity index (χ0) is 19.4. The number of benzene rings is 1. The molecule has 3 aromatic rings. The first-order chi connectivity index (χ1) is 13.0. The monoisotopic (exact) mass is 406 g/mol. The molecular formula is C19H19ClN2O4S. The smallest absolute Gasteiger partial charge is 0.251 e. The summed E-state index contributed by atoms with van der Waals surface area (Å²) >= 11 is 7.77. The molecule has 0 bridgehead atoms. The molecule has 0 atom stereocenters. The lowest BCUT2D eigenvalue weighted by Crippen LogP contribution is -2.22. The van der Waals surface area contributed by atoms with Crippen LogP contribution in [0.5, 0.6) is 11.5 Å². The second-order valence-corrected chi connectivity index (χ2v) is 7.09. The first-order valence-corrected chi connectivity index (χ1v) is 9.57. The highest BCUT2D eigenvalue weighted by Gasteiger charge is 2.16. The SMILES string of the molecule is CCOc1c(Cl)cc(C(=O)NCc2ccc(-c3csc(C)n3)o2)cc1OC. The van der Waals surface area contributed by atoms with Gasteiger partial charge in [-0.15, -0.1) is 11.3 Å². The van der Waals surface area contributed by atoms with Gasteiger partial charge in [0.05, 0.1) is 30.3 Å². The van der Waals surface area contributed by atoms with Gasteiger partial charge in [0, 0.05) is 10.9 Å². The minimum Gasteiger partial charge on any atom is -0.493 e. The van der Waals surface area contributed by atoms with Gasteiger partial charge >= 0.3 is 0 Å². The number of carbonyl (C=O) groups is 1. The van der Waals surface area contributed by atoms with Crippen LogP contribution in [-0.4, -0.2) is 24.6 Å². The van der Waals surface area contributed by atoms with E-state index in [9.17, 15) is 4.79 Å². The van der Waals surface area contributed by atoms with Crippen LogP contribution in [0.4, 0.5) is 0 Å². The molecule has 2 aromatic heterocycles. The lowest BCUT2D eigenvalue weighted by Gasteiger charge is -2.13. The minimum absolute atomic E-state index is 0.245. The van der Waals surface area contributed by atoms with Crippen molar-refractivity contribution in [3.05, 3.63) is 51.0 Å². The van der Waals surface area contributed by atoms with Gasteiger partial charge in [-0.25, -0.2) is 4.98 Å². The van der Waals surface area contributed by atoms with Gasteiger partial charge in [-0.2, -0.15) is 0 Å². The summed E-state index contributed by atoms with van der Waals surface area (Å²) in [6.07, 6.45) is 0. The molecule has 0 aliphatic heterocycles. The van der Waals surface area contributed by atoms with Crippen molar-refractivity contribution >= 4 is 28.8 Å². The van der Waals surface area contributed by atoms with E-state index in [1.54, 1.807) is 23.5 Å². The summed E-state index contributed by atoms with van der Waals surface area (Å²) in [4.78, 5) is 16.9. The number of thiazole rings is 1. The number of carbonyl (C=O) groups excluding carboxylic acids is 1. The molecule has 142 valence electrons. The molecule has 0 spiro atoms. The van der Waals surface area contributed by atoms with Gasteiger partial charge in [-0.1, -0.05) is 11.6 Å². The Kier molecular flexibility index (Phi) is 6.03. The zero-order valence-corrected chi connectivity index (χ0v) is 16.7. The molecule has 0 unspecified atom stereocenters. The molecule has 2 heterocycles. The predicted molar refractivity (Wildman–Crippen MR) is 105 cm³/mol. The van der Waals surface area contributed by atoms with E-state index in [4.69, 9.17) is 25.5 Å². The Hall–Kier alpha value is -2.51. The topological polar surface area (TPSA) is 73.6 Å². The van der Waals surface area contributed by atoms with Crippen molar-refractivity contribution in [3.63, 3.8) is 0 Å². The van der Waals surface area contributed by atoms with Crippen molar-refractivity contribution < 1.29 is 18.7 Å². The number of amides is 1.